The molecule has 0 spiro atoms. The highest BCUT2D eigenvalue weighted by Crippen LogP contribution is 2.33. The minimum atomic E-state index is -1.03. The molecule has 2 aromatic carbocycles. The fourth-order valence-electron chi connectivity index (χ4n) is 3.59. The highest BCUT2D eigenvalue weighted by atomic mass is 16.7. The largest absolute Gasteiger partial charge is 0.480 e. The van der Waals surface area contributed by atoms with Crippen molar-refractivity contribution >= 4 is 17.4 Å². The van der Waals surface area contributed by atoms with Gasteiger partial charge in [0.15, 0.2) is 11.5 Å². The summed E-state index contributed by atoms with van der Waals surface area (Å²) in [5.41, 5.74) is 4.18. The van der Waals surface area contributed by atoms with E-state index >= 15 is 0 Å². The Bertz CT molecular complexity index is 950. The van der Waals surface area contributed by atoms with Crippen LogP contribution in [0.15, 0.2) is 48.5 Å². The van der Waals surface area contributed by atoms with E-state index in [0.29, 0.717) is 17.9 Å². The fraction of sp³-hybridized carbons (Fsp3) is 0.273. The summed E-state index contributed by atoms with van der Waals surface area (Å²) in [6.07, 6.45) is 3.83. The van der Waals surface area contributed by atoms with Crippen LogP contribution in [0.1, 0.15) is 29.5 Å². The maximum absolute atomic E-state index is 12.3. The molecule has 6 heteroatoms. The summed E-state index contributed by atoms with van der Waals surface area (Å²) in [5, 5.41) is 12.2. The lowest BCUT2D eigenvalue weighted by Crippen LogP contribution is -2.41. The molecule has 28 heavy (non-hydrogen) atoms. The summed E-state index contributed by atoms with van der Waals surface area (Å²) in [4.78, 5) is 24.0. The van der Waals surface area contributed by atoms with Crippen LogP contribution in [0.5, 0.6) is 11.5 Å². The zero-order valence-corrected chi connectivity index (χ0v) is 15.3. The number of rotatable bonds is 7. The van der Waals surface area contributed by atoms with Crippen molar-refractivity contribution in [3.63, 3.8) is 0 Å². The summed E-state index contributed by atoms with van der Waals surface area (Å²) in [6.45, 7) is 0.207. The van der Waals surface area contributed by atoms with Crippen molar-refractivity contribution in [2.24, 2.45) is 0 Å². The summed E-state index contributed by atoms with van der Waals surface area (Å²) in [5.74, 6) is 0.0658. The molecule has 4 rings (SSSR count). The molecular formula is C22H21NO5. The number of carboxylic acids is 1. The molecule has 0 bridgehead atoms. The van der Waals surface area contributed by atoms with E-state index in [4.69, 9.17) is 9.47 Å². The van der Waals surface area contributed by atoms with Crippen molar-refractivity contribution in [1.29, 1.82) is 0 Å². The normalized spacial score (nSPS) is 14.9. The van der Waals surface area contributed by atoms with Gasteiger partial charge in [-0.1, -0.05) is 36.4 Å². The smallest absolute Gasteiger partial charge is 0.326 e. The monoisotopic (exact) mass is 379 g/mol. The third kappa shape index (κ3) is 3.86. The Morgan fingerprint density at radius 1 is 1.11 bits per heavy atom. The second-order valence-electron chi connectivity index (χ2n) is 6.94. The fourth-order valence-corrected chi connectivity index (χ4v) is 3.59. The number of amides is 1. The molecule has 1 atom stereocenters. The molecule has 0 saturated heterocycles. The maximum Gasteiger partial charge on any atom is 0.326 e. The van der Waals surface area contributed by atoms with Crippen molar-refractivity contribution in [2.45, 2.75) is 31.7 Å². The van der Waals surface area contributed by atoms with Crippen molar-refractivity contribution < 1.29 is 24.2 Å². The summed E-state index contributed by atoms with van der Waals surface area (Å²) in [6, 6.07) is 12.6. The molecule has 144 valence electrons. The maximum atomic E-state index is 12.3. The van der Waals surface area contributed by atoms with Crippen molar-refractivity contribution in [3.05, 3.63) is 65.2 Å². The van der Waals surface area contributed by atoms with E-state index in [1.165, 1.54) is 5.56 Å². The Morgan fingerprint density at radius 2 is 1.93 bits per heavy atom. The van der Waals surface area contributed by atoms with Gasteiger partial charge in [0.05, 0.1) is 0 Å². The number of carbonyl (C=O) groups excluding carboxylic acids is 1. The van der Waals surface area contributed by atoms with Gasteiger partial charge in [-0.25, -0.2) is 4.79 Å². The standard InChI is InChI=1S/C22H21NO5/c24-21(10-6-14-5-9-19-20(11-14)28-13-27-19)23-18(22(25)26)12-16-8-7-15-3-1-2-4-17(15)16/h1-5,8-9,11,18H,6-7,10,12-13H2,(H,23,24)(H,25,26)/t18-/m0/s1. The molecule has 1 amide bonds. The minimum Gasteiger partial charge on any atom is -0.480 e. The van der Waals surface area contributed by atoms with Crippen LogP contribution in [0.4, 0.5) is 0 Å². The Morgan fingerprint density at radius 3 is 2.79 bits per heavy atom. The van der Waals surface area contributed by atoms with E-state index in [-0.39, 0.29) is 25.5 Å². The number of carbonyl (C=O) groups is 2. The van der Waals surface area contributed by atoms with Gasteiger partial charge in [0.2, 0.25) is 12.7 Å². The molecule has 6 nitrogen and oxygen atoms in total. The quantitative estimate of drug-likeness (QED) is 0.773. The SMILES string of the molecule is O=C(CCc1ccc2c(c1)OCO2)N[C@@H](CC1=CCc2ccccc21)C(=O)O. The number of hydrogen-bond acceptors (Lipinski definition) is 4. The van der Waals surface area contributed by atoms with Crippen LogP contribution in [0.2, 0.25) is 0 Å². The van der Waals surface area contributed by atoms with Gasteiger partial charge in [-0.3, -0.25) is 4.79 Å². The highest BCUT2D eigenvalue weighted by Gasteiger charge is 2.24. The van der Waals surface area contributed by atoms with Crippen LogP contribution in [-0.2, 0) is 22.4 Å². The first-order chi connectivity index (χ1) is 13.6. The number of aliphatic carboxylic acids is 1. The Hall–Kier alpha value is -3.28. The average molecular weight is 379 g/mol. The first kappa shape index (κ1) is 18.1. The van der Waals surface area contributed by atoms with Gasteiger partial charge in [0.1, 0.15) is 6.04 Å². The van der Waals surface area contributed by atoms with Gasteiger partial charge < -0.3 is 19.9 Å². The molecule has 0 fully saturated rings. The predicted molar refractivity (Wildman–Crippen MR) is 103 cm³/mol. The van der Waals surface area contributed by atoms with Crippen molar-refractivity contribution in [1.82, 2.24) is 5.32 Å². The predicted octanol–water partition coefficient (Wildman–Crippen LogP) is 2.95. The van der Waals surface area contributed by atoms with E-state index in [1.807, 2.05) is 48.5 Å². The van der Waals surface area contributed by atoms with E-state index in [0.717, 1.165) is 23.1 Å². The van der Waals surface area contributed by atoms with Crippen molar-refractivity contribution in [2.75, 3.05) is 6.79 Å². The molecule has 0 unspecified atom stereocenters. The molecule has 2 aromatic rings. The lowest BCUT2D eigenvalue weighted by atomic mass is 9.99. The number of nitrogens with one attached hydrogen (secondary N) is 1. The molecule has 2 aliphatic rings. The average Bonchev–Trinajstić information content (AvgIpc) is 3.32. The third-order valence-corrected chi connectivity index (χ3v) is 5.07. The van der Waals surface area contributed by atoms with E-state index in [1.54, 1.807) is 0 Å². The lowest BCUT2D eigenvalue weighted by Gasteiger charge is -2.16. The molecule has 0 radical (unpaired) electrons. The third-order valence-electron chi connectivity index (χ3n) is 5.07. The van der Waals surface area contributed by atoms with Gasteiger partial charge in [0, 0.05) is 12.8 Å². The Labute approximate surface area is 162 Å². The second-order valence-corrected chi connectivity index (χ2v) is 6.94. The molecule has 2 N–H and O–H groups in total. The zero-order chi connectivity index (χ0) is 19.5. The molecule has 1 heterocycles. The Kier molecular flexibility index (Phi) is 5.02. The number of carboxylic acid groups (broad SMARTS) is 1. The molecule has 1 aliphatic heterocycles. The van der Waals surface area contributed by atoms with E-state index in [2.05, 4.69) is 5.32 Å². The van der Waals surface area contributed by atoms with Gasteiger partial charge in [-0.15, -0.1) is 0 Å². The van der Waals surface area contributed by atoms with Crippen molar-refractivity contribution in [3.8, 4) is 11.5 Å². The van der Waals surface area contributed by atoms with Crippen LogP contribution in [0.3, 0.4) is 0 Å². The number of aryl methyl sites for hydroxylation is 1. The molecule has 0 saturated carbocycles. The van der Waals surface area contributed by atoms with Crippen LogP contribution in [0.25, 0.3) is 5.57 Å². The number of fused-ring (bicyclic) bond motifs is 2. The number of benzene rings is 2. The number of hydrogen-bond donors (Lipinski definition) is 2. The molecule has 1 aliphatic carbocycles. The van der Waals surface area contributed by atoms with Crippen LogP contribution in [-0.4, -0.2) is 29.8 Å². The van der Waals surface area contributed by atoms with Crippen LogP contribution >= 0.6 is 0 Å². The highest BCUT2D eigenvalue weighted by molar-refractivity contribution is 5.86. The summed E-state index contributed by atoms with van der Waals surface area (Å²) >= 11 is 0. The Balaban J connectivity index is 1.34. The number of ether oxygens (including phenoxy) is 2. The first-order valence-electron chi connectivity index (χ1n) is 9.28. The van der Waals surface area contributed by atoms with E-state index < -0.39 is 12.0 Å². The summed E-state index contributed by atoms with van der Waals surface area (Å²) in [7, 11) is 0. The van der Waals surface area contributed by atoms with E-state index in [9.17, 15) is 14.7 Å². The molecular weight excluding hydrogens is 358 g/mol. The van der Waals surface area contributed by atoms with Crippen LogP contribution in [0, 0.1) is 0 Å². The zero-order valence-electron chi connectivity index (χ0n) is 15.3. The summed E-state index contributed by atoms with van der Waals surface area (Å²) < 4.78 is 10.6. The van der Waals surface area contributed by atoms with Gasteiger partial charge >= 0.3 is 5.97 Å². The van der Waals surface area contributed by atoms with Crippen LogP contribution < -0.4 is 14.8 Å². The molecule has 0 aromatic heterocycles. The lowest BCUT2D eigenvalue weighted by molar-refractivity contribution is -0.141. The first-order valence-corrected chi connectivity index (χ1v) is 9.28. The number of allylic oxidation sites excluding steroid dienone is 1. The second kappa shape index (κ2) is 7.76. The minimum absolute atomic E-state index is 0.207. The van der Waals surface area contributed by atoms with Gasteiger partial charge in [-0.05, 0) is 47.2 Å². The topological polar surface area (TPSA) is 84.9 Å². The van der Waals surface area contributed by atoms with Gasteiger partial charge in [0.25, 0.3) is 0 Å². The van der Waals surface area contributed by atoms with Gasteiger partial charge in [-0.2, -0.15) is 0 Å².